The summed E-state index contributed by atoms with van der Waals surface area (Å²) < 4.78 is 11.2. The van der Waals surface area contributed by atoms with Crippen molar-refractivity contribution in [1.82, 2.24) is 18.7 Å². The molecule has 0 aliphatic carbocycles. The summed E-state index contributed by atoms with van der Waals surface area (Å²) in [5.41, 5.74) is 4.96. The molecule has 0 unspecified atom stereocenters. The van der Waals surface area contributed by atoms with Crippen LogP contribution in [-0.2, 0) is 44.5 Å². The lowest BCUT2D eigenvalue weighted by Gasteiger charge is -2.02. The molecule has 5 rings (SSSR count). The predicted octanol–water partition coefficient (Wildman–Crippen LogP) is 9.79. The Kier molecular flexibility index (Phi) is 21.7. The second-order valence-electron chi connectivity index (χ2n) is 11.4. The van der Waals surface area contributed by atoms with Gasteiger partial charge in [0.15, 0.2) is 0 Å². The molecule has 0 fully saturated rings. The molecule has 0 spiro atoms. The number of hydrogen-bond acceptors (Lipinski definition) is 1. The molecule has 10 heteroatoms. The van der Waals surface area contributed by atoms with Crippen LogP contribution in [0.4, 0.5) is 0 Å². The average Bonchev–Trinajstić information content (AvgIpc) is 3.90. The van der Waals surface area contributed by atoms with E-state index in [1.54, 1.807) is 0 Å². The molecule has 0 saturated carbocycles. The van der Waals surface area contributed by atoms with Crippen LogP contribution in [0.1, 0.15) is 81.5 Å². The molecular formula is C37H52Cl4N6+2. The van der Waals surface area contributed by atoms with E-state index in [-0.39, 0.29) is 0 Å². The highest BCUT2D eigenvalue weighted by Crippen LogP contribution is 2.09. The summed E-state index contributed by atoms with van der Waals surface area (Å²) in [6.45, 7) is 11.8. The molecule has 6 nitrogen and oxygen atoms in total. The topological polar surface area (TPSA) is 35.4 Å². The van der Waals surface area contributed by atoms with Crippen LogP contribution in [0.3, 0.4) is 0 Å². The Bertz CT molecular complexity index is 1380. The van der Waals surface area contributed by atoms with E-state index >= 15 is 0 Å². The SMILES string of the molecule is CCCCn1cc[n+](Cc2cccc(C[n+]3ccn(CCCC)c3)c2)c1.CCCCn1ccnc1.ClCc1cccc(CCl)c1.ClCl. The first kappa shape index (κ1) is 40.4. The van der Waals surface area contributed by atoms with Crippen molar-refractivity contribution in [1.29, 1.82) is 0 Å². The van der Waals surface area contributed by atoms with Gasteiger partial charge in [0.05, 0.1) is 19.4 Å². The number of hydrogen-bond donors (Lipinski definition) is 0. The molecule has 0 N–H and O–H groups in total. The van der Waals surface area contributed by atoms with Crippen molar-refractivity contribution < 1.29 is 9.13 Å². The van der Waals surface area contributed by atoms with E-state index in [0.29, 0.717) is 11.8 Å². The van der Waals surface area contributed by atoms with Crippen LogP contribution in [0.5, 0.6) is 0 Å². The monoisotopic (exact) mass is 720 g/mol. The molecule has 0 bridgehead atoms. The van der Waals surface area contributed by atoms with Crippen molar-refractivity contribution in [2.45, 2.75) is 104 Å². The molecule has 3 heterocycles. The Labute approximate surface area is 302 Å². The number of aromatic nitrogens is 6. The minimum Gasteiger partial charge on any atom is -0.337 e. The summed E-state index contributed by atoms with van der Waals surface area (Å²) in [6, 6.07) is 16.9. The van der Waals surface area contributed by atoms with Gasteiger partial charge < -0.3 is 4.57 Å². The smallest absolute Gasteiger partial charge is 0.244 e. The molecule has 0 aliphatic heterocycles. The third kappa shape index (κ3) is 16.8. The fourth-order valence-corrected chi connectivity index (χ4v) is 5.15. The van der Waals surface area contributed by atoms with E-state index < -0.39 is 0 Å². The molecule has 256 valence electrons. The summed E-state index contributed by atoms with van der Waals surface area (Å²) in [6.07, 6.45) is 26.2. The lowest BCUT2D eigenvalue weighted by molar-refractivity contribution is -0.688. The van der Waals surface area contributed by atoms with Gasteiger partial charge in [-0.05, 0) is 47.6 Å². The molecule has 5 aromatic rings. The Morgan fingerprint density at radius 2 is 1.02 bits per heavy atom. The van der Waals surface area contributed by atoms with Crippen molar-refractivity contribution in [2.75, 3.05) is 0 Å². The van der Waals surface area contributed by atoms with Crippen LogP contribution in [0.25, 0.3) is 0 Å². The summed E-state index contributed by atoms with van der Waals surface area (Å²) in [4.78, 5) is 3.94. The minimum atomic E-state index is 0.560. The van der Waals surface area contributed by atoms with Gasteiger partial charge in [-0.25, -0.2) is 23.3 Å². The maximum absolute atomic E-state index is 5.61. The molecule has 0 radical (unpaired) electrons. The highest BCUT2D eigenvalue weighted by Gasteiger charge is 2.08. The van der Waals surface area contributed by atoms with Gasteiger partial charge in [-0.3, -0.25) is 0 Å². The molecule has 47 heavy (non-hydrogen) atoms. The zero-order valence-corrected chi connectivity index (χ0v) is 31.2. The highest BCUT2D eigenvalue weighted by molar-refractivity contribution is 6.85. The van der Waals surface area contributed by atoms with Crippen molar-refractivity contribution in [2.24, 2.45) is 0 Å². The van der Waals surface area contributed by atoms with Gasteiger partial charge in [0.2, 0.25) is 12.7 Å². The third-order valence-electron chi connectivity index (χ3n) is 7.38. The summed E-state index contributed by atoms with van der Waals surface area (Å²) in [7, 11) is 8.22. The van der Waals surface area contributed by atoms with Gasteiger partial charge >= 0.3 is 0 Å². The fraction of sp³-hybridized carbons (Fsp3) is 0.432. The Hall–Kier alpha value is -2.77. The maximum Gasteiger partial charge on any atom is 0.244 e. The zero-order chi connectivity index (χ0) is 34.1. The van der Waals surface area contributed by atoms with E-state index in [9.17, 15) is 0 Å². The Balaban J connectivity index is 0.000000298. The maximum atomic E-state index is 5.61. The van der Waals surface area contributed by atoms with Gasteiger partial charge in [-0.1, -0.05) is 82.5 Å². The van der Waals surface area contributed by atoms with Crippen LogP contribution in [0, 0.1) is 0 Å². The number of imidazole rings is 3. The summed E-state index contributed by atoms with van der Waals surface area (Å²) in [5, 5.41) is 0. The highest BCUT2D eigenvalue weighted by atomic mass is 36.5. The number of halogens is 4. The minimum absolute atomic E-state index is 0.560. The second kappa shape index (κ2) is 25.3. The molecule has 3 aromatic heterocycles. The van der Waals surface area contributed by atoms with E-state index in [1.807, 2.05) is 43.0 Å². The lowest BCUT2D eigenvalue weighted by Crippen LogP contribution is -2.33. The average molecular weight is 723 g/mol. The fourth-order valence-electron chi connectivity index (χ4n) is 4.81. The van der Waals surface area contributed by atoms with Crippen LogP contribution >= 0.6 is 44.9 Å². The molecule has 0 saturated heterocycles. The molecular weight excluding hydrogens is 670 g/mol. The van der Waals surface area contributed by atoms with Gasteiger partial charge in [0.1, 0.15) is 37.9 Å². The van der Waals surface area contributed by atoms with Gasteiger partial charge in [-0.15, -0.1) is 23.2 Å². The zero-order valence-electron chi connectivity index (χ0n) is 28.2. The normalized spacial score (nSPS) is 10.3. The summed E-state index contributed by atoms with van der Waals surface area (Å²) >= 11 is 11.2. The number of rotatable bonds is 15. The number of benzene rings is 2. The van der Waals surface area contributed by atoms with E-state index in [4.69, 9.17) is 23.2 Å². The lowest BCUT2D eigenvalue weighted by atomic mass is 10.1. The van der Waals surface area contributed by atoms with Crippen LogP contribution < -0.4 is 9.13 Å². The number of aryl methyl sites for hydroxylation is 3. The molecule has 2 aromatic carbocycles. The quantitative estimate of drug-likeness (QED) is 0.0783. The Morgan fingerprint density at radius 3 is 1.43 bits per heavy atom. The molecule has 0 aliphatic rings. The standard InChI is InChI=1S/C22H32N4.C8H8Cl2.C7H12N2.Cl2/c1-3-5-10-23-12-14-25(19-23)17-21-8-7-9-22(16-21)18-26-15-13-24(20-26)11-6-4-2;9-5-7-2-1-3-8(4-7)6-10;1-2-3-5-9-6-4-8-7-9;1-2/h7-9,12-16,19-20H,3-6,10-11,17-18H2,1-2H3;1-4H,5-6H2;4,6-7H,2-3,5H2,1H3;/q+2;;;. The largest absolute Gasteiger partial charge is 0.337 e. The van der Waals surface area contributed by atoms with Crippen molar-refractivity contribution in [3.05, 3.63) is 127 Å². The summed E-state index contributed by atoms with van der Waals surface area (Å²) in [5.74, 6) is 1.12. The predicted molar refractivity (Wildman–Crippen MR) is 198 cm³/mol. The second-order valence-corrected chi connectivity index (χ2v) is 12.0. The van der Waals surface area contributed by atoms with Gasteiger partial charge in [0.25, 0.3) is 0 Å². The first-order chi connectivity index (χ1) is 23.1. The van der Waals surface area contributed by atoms with Crippen molar-refractivity contribution in [3.8, 4) is 0 Å². The van der Waals surface area contributed by atoms with E-state index in [0.717, 1.165) is 43.9 Å². The third-order valence-corrected chi connectivity index (χ3v) is 8.00. The number of nitrogens with zero attached hydrogens (tertiary/aromatic N) is 6. The van der Waals surface area contributed by atoms with Gasteiger partial charge in [0, 0.05) is 52.4 Å². The molecule has 0 atom stereocenters. The molecule has 0 amide bonds. The first-order valence-corrected chi connectivity index (χ1v) is 18.7. The van der Waals surface area contributed by atoms with Crippen LogP contribution in [0.2, 0.25) is 0 Å². The number of alkyl halides is 2. The number of unbranched alkanes of at least 4 members (excludes halogenated alkanes) is 3. The van der Waals surface area contributed by atoms with Crippen LogP contribution in [0.15, 0.2) is 105 Å². The first-order valence-electron chi connectivity index (χ1n) is 16.5. The Morgan fingerprint density at radius 1 is 0.596 bits per heavy atom. The van der Waals surface area contributed by atoms with E-state index in [1.165, 1.54) is 49.7 Å². The van der Waals surface area contributed by atoms with Crippen molar-refractivity contribution in [3.63, 3.8) is 0 Å². The van der Waals surface area contributed by atoms with Crippen LogP contribution in [-0.4, -0.2) is 18.7 Å². The van der Waals surface area contributed by atoms with Gasteiger partial charge in [-0.2, -0.15) is 0 Å². The van der Waals surface area contributed by atoms with E-state index in [2.05, 4.69) is 132 Å². The van der Waals surface area contributed by atoms with Crippen molar-refractivity contribution >= 4 is 44.9 Å².